The molecule has 1 unspecified atom stereocenters. The first-order chi connectivity index (χ1) is 13.7. The van der Waals surface area contributed by atoms with Crippen LogP contribution in [0.25, 0.3) is 11.0 Å². The van der Waals surface area contributed by atoms with E-state index >= 15 is 0 Å². The smallest absolute Gasteiger partial charge is 0.336 e. The maximum Gasteiger partial charge on any atom is 0.336 e. The molecule has 0 aliphatic rings. The van der Waals surface area contributed by atoms with Crippen LogP contribution in [-0.2, 0) is 16.0 Å². The summed E-state index contributed by atoms with van der Waals surface area (Å²) in [6.45, 7) is 7.41. The highest BCUT2D eigenvalue weighted by molar-refractivity contribution is 5.86. The molecule has 0 fully saturated rings. The Labute approximate surface area is 170 Å². The van der Waals surface area contributed by atoms with E-state index in [1.807, 2.05) is 19.9 Å². The van der Waals surface area contributed by atoms with Crippen molar-refractivity contribution in [3.05, 3.63) is 40.2 Å². The van der Waals surface area contributed by atoms with Crippen LogP contribution in [0.4, 0.5) is 0 Å². The zero-order valence-corrected chi connectivity index (χ0v) is 17.4. The summed E-state index contributed by atoms with van der Waals surface area (Å²) in [5, 5.41) is 12.6. The molecule has 0 radical (unpaired) electrons. The van der Waals surface area contributed by atoms with E-state index in [1.165, 1.54) is 6.07 Å². The molecule has 2 aromatic rings. The van der Waals surface area contributed by atoms with Gasteiger partial charge < -0.3 is 19.6 Å². The molecule has 0 saturated carbocycles. The Morgan fingerprint density at radius 3 is 2.55 bits per heavy atom. The van der Waals surface area contributed by atoms with Crippen LogP contribution in [0.15, 0.2) is 33.5 Å². The van der Waals surface area contributed by atoms with Gasteiger partial charge in [0.25, 0.3) is 5.91 Å². The molecule has 0 bridgehead atoms. The summed E-state index contributed by atoms with van der Waals surface area (Å²) in [6, 6.07) is 5.64. The molecule has 29 heavy (non-hydrogen) atoms. The maximum atomic E-state index is 12.4. The van der Waals surface area contributed by atoms with Gasteiger partial charge in [-0.25, -0.2) is 9.59 Å². The molecule has 1 aromatic carbocycles. The van der Waals surface area contributed by atoms with Crippen LogP contribution in [0.5, 0.6) is 5.75 Å². The van der Waals surface area contributed by atoms with Crippen molar-refractivity contribution in [2.24, 2.45) is 5.92 Å². The Kier molecular flexibility index (Phi) is 7.82. The van der Waals surface area contributed by atoms with Gasteiger partial charge in [-0.2, -0.15) is 0 Å². The molecule has 1 aromatic heterocycles. The number of carboxylic acids is 1. The average Bonchev–Trinajstić information content (AvgIpc) is 2.64. The van der Waals surface area contributed by atoms with E-state index in [2.05, 4.69) is 12.2 Å². The number of benzene rings is 1. The van der Waals surface area contributed by atoms with Crippen molar-refractivity contribution in [3.8, 4) is 5.75 Å². The number of amides is 1. The molecular weight excluding hydrogens is 374 g/mol. The van der Waals surface area contributed by atoms with E-state index in [-0.39, 0.29) is 5.92 Å². The second-order valence-electron chi connectivity index (χ2n) is 7.64. The molecule has 7 heteroatoms. The summed E-state index contributed by atoms with van der Waals surface area (Å²) < 4.78 is 11.0. The van der Waals surface area contributed by atoms with Crippen LogP contribution >= 0.6 is 0 Å². The zero-order valence-electron chi connectivity index (χ0n) is 17.4. The quantitative estimate of drug-likeness (QED) is 0.588. The fourth-order valence-electron chi connectivity index (χ4n) is 3.10. The zero-order chi connectivity index (χ0) is 21.6. The number of aryl methyl sites for hydroxylation is 1. The molecular formula is C22H29NO6. The monoisotopic (exact) mass is 403 g/mol. The van der Waals surface area contributed by atoms with Gasteiger partial charge in [0.15, 0.2) is 6.10 Å². The van der Waals surface area contributed by atoms with Crippen molar-refractivity contribution in [1.82, 2.24) is 5.32 Å². The number of ether oxygens (including phenoxy) is 1. The molecule has 1 heterocycles. The Morgan fingerprint density at radius 2 is 1.93 bits per heavy atom. The number of unbranched alkanes of at least 4 members (excludes halogenated alkanes) is 1. The summed E-state index contributed by atoms with van der Waals surface area (Å²) in [6.07, 6.45) is 2.19. The minimum Gasteiger partial charge on any atom is -0.481 e. The summed E-state index contributed by atoms with van der Waals surface area (Å²) in [5.74, 6) is -1.10. The molecule has 0 aliphatic heterocycles. The summed E-state index contributed by atoms with van der Waals surface area (Å²) in [4.78, 5) is 35.6. The van der Waals surface area contributed by atoms with E-state index in [0.717, 1.165) is 30.2 Å². The largest absolute Gasteiger partial charge is 0.481 e. The third kappa shape index (κ3) is 6.34. The molecule has 158 valence electrons. The number of nitrogens with one attached hydrogen (secondary N) is 1. The van der Waals surface area contributed by atoms with Gasteiger partial charge in [0.05, 0.1) is 0 Å². The third-order valence-electron chi connectivity index (χ3n) is 4.61. The summed E-state index contributed by atoms with van der Waals surface area (Å²) in [5.41, 5.74) is 0.898. The highest BCUT2D eigenvalue weighted by atomic mass is 16.5. The highest BCUT2D eigenvalue weighted by Crippen LogP contribution is 2.24. The second-order valence-corrected chi connectivity index (χ2v) is 7.64. The second kappa shape index (κ2) is 10.1. The predicted octanol–water partition coefficient (Wildman–Crippen LogP) is 3.52. The Hall–Kier alpha value is -2.83. The van der Waals surface area contributed by atoms with Gasteiger partial charge in [-0.15, -0.1) is 0 Å². The van der Waals surface area contributed by atoms with Crippen molar-refractivity contribution in [2.45, 2.75) is 65.5 Å². The van der Waals surface area contributed by atoms with E-state index in [1.54, 1.807) is 19.1 Å². The first-order valence-electron chi connectivity index (χ1n) is 9.97. The lowest BCUT2D eigenvalue weighted by Crippen LogP contribution is -2.46. The van der Waals surface area contributed by atoms with Gasteiger partial charge in [-0.3, -0.25) is 4.79 Å². The van der Waals surface area contributed by atoms with E-state index < -0.39 is 29.6 Å². The van der Waals surface area contributed by atoms with Crippen molar-refractivity contribution >= 4 is 22.8 Å². The number of rotatable bonds is 10. The lowest BCUT2D eigenvalue weighted by atomic mass is 10.0. The normalized spacial score (nSPS) is 13.3. The van der Waals surface area contributed by atoms with Crippen LogP contribution in [0, 0.1) is 5.92 Å². The lowest BCUT2D eigenvalue weighted by Gasteiger charge is -2.20. The predicted molar refractivity (Wildman–Crippen MR) is 110 cm³/mol. The minimum absolute atomic E-state index is 0.123. The molecule has 0 spiro atoms. The number of fused-ring (bicyclic) bond motifs is 1. The maximum absolute atomic E-state index is 12.4. The molecule has 0 saturated heterocycles. The standard InChI is InChI=1S/C22H29NO6/c1-5-6-7-15-11-20(24)29-19-12-16(8-9-17(15)19)28-14(4)21(25)23-18(22(26)27)10-13(2)3/h8-9,11-14,18H,5-7,10H2,1-4H3,(H,23,25)(H,26,27)/t14?,18-/m0/s1. The van der Waals surface area contributed by atoms with Crippen molar-refractivity contribution < 1.29 is 23.8 Å². The third-order valence-corrected chi connectivity index (χ3v) is 4.61. The Balaban J connectivity index is 2.15. The molecule has 1 amide bonds. The fraction of sp³-hybridized carbons (Fsp3) is 0.500. The van der Waals surface area contributed by atoms with Gasteiger partial charge in [-0.05, 0) is 49.8 Å². The number of hydrogen-bond donors (Lipinski definition) is 2. The number of carboxylic acid groups (broad SMARTS) is 1. The number of aliphatic carboxylic acids is 1. The van der Waals surface area contributed by atoms with Gasteiger partial charge in [0, 0.05) is 17.5 Å². The molecule has 2 N–H and O–H groups in total. The molecule has 0 aliphatic carbocycles. The van der Waals surface area contributed by atoms with Crippen molar-refractivity contribution in [2.75, 3.05) is 0 Å². The summed E-state index contributed by atoms with van der Waals surface area (Å²) in [7, 11) is 0. The first kappa shape index (κ1) is 22.5. The van der Waals surface area contributed by atoms with Crippen LogP contribution in [0.3, 0.4) is 0 Å². The molecule has 7 nitrogen and oxygen atoms in total. The van der Waals surface area contributed by atoms with Crippen LogP contribution in [-0.4, -0.2) is 29.1 Å². The lowest BCUT2D eigenvalue weighted by molar-refractivity contribution is -0.143. The first-order valence-corrected chi connectivity index (χ1v) is 9.97. The fourth-order valence-corrected chi connectivity index (χ4v) is 3.10. The van der Waals surface area contributed by atoms with Gasteiger partial charge in [0.2, 0.25) is 0 Å². The topological polar surface area (TPSA) is 106 Å². The Bertz CT molecular complexity index is 917. The Morgan fingerprint density at radius 1 is 1.21 bits per heavy atom. The van der Waals surface area contributed by atoms with E-state index in [9.17, 15) is 19.5 Å². The number of hydrogen-bond acceptors (Lipinski definition) is 5. The highest BCUT2D eigenvalue weighted by Gasteiger charge is 2.24. The van der Waals surface area contributed by atoms with Crippen molar-refractivity contribution in [1.29, 1.82) is 0 Å². The van der Waals surface area contributed by atoms with Crippen molar-refractivity contribution in [3.63, 3.8) is 0 Å². The van der Waals surface area contributed by atoms with Crippen LogP contribution in [0.2, 0.25) is 0 Å². The van der Waals surface area contributed by atoms with Gasteiger partial charge >= 0.3 is 11.6 Å². The van der Waals surface area contributed by atoms with E-state index in [0.29, 0.717) is 17.8 Å². The SMILES string of the molecule is CCCCc1cc(=O)oc2cc(OC(C)C(=O)N[C@@H](CC(C)C)C(=O)O)ccc12. The summed E-state index contributed by atoms with van der Waals surface area (Å²) >= 11 is 0. The van der Waals surface area contributed by atoms with Crippen LogP contribution in [0.1, 0.15) is 52.5 Å². The molecule has 2 atom stereocenters. The molecule has 2 rings (SSSR count). The van der Waals surface area contributed by atoms with Gasteiger partial charge in [-0.1, -0.05) is 27.2 Å². The average molecular weight is 403 g/mol. The van der Waals surface area contributed by atoms with Crippen LogP contribution < -0.4 is 15.7 Å². The number of carbonyl (C=O) groups excluding carboxylic acids is 1. The van der Waals surface area contributed by atoms with Gasteiger partial charge in [0.1, 0.15) is 17.4 Å². The number of carbonyl (C=O) groups is 2. The van der Waals surface area contributed by atoms with E-state index in [4.69, 9.17) is 9.15 Å². The minimum atomic E-state index is -1.08.